The third-order valence-electron chi connectivity index (χ3n) is 5.07. The number of aromatic nitrogens is 2. The summed E-state index contributed by atoms with van der Waals surface area (Å²) in [6.07, 6.45) is 0. The highest BCUT2D eigenvalue weighted by Crippen LogP contribution is 2.30. The average Bonchev–Trinajstić information content (AvgIpc) is 2.81. The van der Waals surface area contributed by atoms with Crippen molar-refractivity contribution in [1.29, 1.82) is 0 Å². The number of hydrogen-bond acceptors (Lipinski definition) is 5. The van der Waals surface area contributed by atoms with Crippen molar-refractivity contribution < 1.29 is 14.3 Å². The highest BCUT2D eigenvalue weighted by atomic mass is 35.5. The van der Waals surface area contributed by atoms with Gasteiger partial charge >= 0.3 is 5.69 Å². The summed E-state index contributed by atoms with van der Waals surface area (Å²) in [6, 6.07) is 18.2. The minimum Gasteiger partial charge on any atom is -0.493 e. The van der Waals surface area contributed by atoms with Crippen molar-refractivity contribution in [2.24, 2.45) is 0 Å². The molecule has 4 rings (SSSR count). The number of hydrogen-bond donors (Lipinski definition) is 1. The molecular weight excluding hydrogens is 446 g/mol. The molecule has 0 saturated carbocycles. The van der Waals surface area contributed by atoms with Gasteiger partial charge in [-0.3, -0.25) is 14.2 Å². The van der Waals surface area contributed by atoms with Gasteiger partial charge in [-0.2, -0.15) is 0 Å². The maximum atomic E-state index is 13.5. The molecule has 0 unspecified atom stereocenters. The SMILES string of the molecule is COc1cc2c(=O)n(-c3ccccc3)c(=O)n(CC(=O)Nc3cccc(Cl)c3)c2cc1OC. The number of anilines is 1. The number of rotatable bonds is 6. The summed E-state index contributed by atoms with van der Waals surface area (Å²) in [5.41, 5.74) is -0.0782. The van der Waals surface area contributed by atoms with Gasteiger partial charge in [-0.1, -0.05) is 35.9 Å². The third kappa shape index (κ3) is 4.33. The van der Waals surface area contributed by atoms with Crippen molar-refractivity contribution in [3.63, 3.8) is 0 Å². The van der Waals surface area contributed by atoms with E-state index in [2.05, 4.69) is 5.32 Å². The fourth-order valence-corrected chi connectivity index (χ4v) is 3.75. The monoisotopic (exact) mass is 465 g/mol. The smallest absolute Gasteiger partial charge is 0.336 e. The van der Waals surface area contributed by atoms with E-state index >= 15 is 0 Å². The second-order valence-electron chi connectivity index (χ2n) is 7.13. The number of amides is 1. The third-order valence-corrected chi connectivity index (χ3v) is 5.31. The number of para-hydroxylation sites is 1. The molecule has 4 aromatic rings. The molecular formula is C24H20ClN3O5. The van der Waals surface area contributed by atoms with Crippen LogP contribution in [-0.2, 0) is 11.3 Å². The number of fused-ring (bicyclic) bond motifs is 1. The van der Waals surface area contributed by atoms with Gasteiger partial charge in [0.2, 0.25) is 5.91 Å². The Balaban J connectivity index is 1.92. The number of benzene rings is 3. The minimum atomic E-state index is -0.660. The lowest BCUT2D eigenvalue weighted by molar-refractivity contribution is -0.116. The zero-order valence-corrected chi connectivity index (χ0v) is 18.6. The van der Waals surface area contributed by atoms with Gasteiger partial charge in [0, 0.05) is 16.8 Å². The van der Waals surface area contributed by atoms with Crippen molar-refractivity contribution in [2.75, 3.05) is 19.5 Å². The number of methoxy groups -OCH3 is 2. The maximum Gasteiger partial charge on any atom is 0.336 e. The summed E-state index contributed by atoms with van der Waals surface area (Å²) >= 11 is 5.99. The van der Waals surface area contributed by atoms with E-state index in [1.165, 1.54) is 30.9 Å². The molecule has 3 aromatic carbocycles. The Morgan fingerprint density at radius 3 is 2.30 bits per heavy atom. The van der Waals surface area contributed by atoms with Crippen molar-refractivity contribution in [1.82, 2.24) is 9.13 Å². The lowest BCUT2D eigenvalue weighted by Crippen LogP contribution is -2.40. The van der Waals surface area contributed by atoms with Gasteiger partial charge in [-0.05, 0) is 36.4 Å². The molecule has 9 heteroatoms. The van der Waals surface area contributed by atoms with E-state index in [4.69, 9.17) is 21.1 Å². The lowest BCUT2D eigenvalue weighted by Gasteiger charge is -2.16. The molecule has 1 N–H and O–H groups in total. The van der Waals surface area contributed by atoms with Gasteiger partial charge in [0.25, 0.3) is 5.56 Å². The highest BCUT2D eigenvalue weighted by Gasteiger charge is 2.19. The minimum absolute atomic E-state index is 0.201. The predicted molar refractivity (Wildman–Crippen MR) is 127 cm³/mol. The van der Waals surface area contributed by atoms with E-state index in [1.807, 2.05) is 0 Å². The van der Waals surface area contributed by atoms with Crippen LogP contribution in [0, 0.1) is 0 Å². The molecule has 1 aromatic heterocycles. The number of nitrogens with zero attached hydrogens (tertiary/aromatic N) is 2. The van der Waals surface area contributed by atoms with Crippen molar-refractivity contribution in [3.05, 3.63) is 92.6 Å². The second kappa shape index (κ2) is 9.22. The molecule has 1 heterocycles. The van der Waals surface area contributed by atoms with Gasteiger partial charge in [-0.25, -0.2) is 9.36 Å². The number of ether oxygens (including phenoxy) is 2. The number of carbonyl (C=O) groups is 1. The summed E-state index contributed by atoms with van der Waals surface area (Å²) in [7, 11) is 2.90. The van der Waals surface area contributed by atoms with Crippen LogP contribution < -0.4 is 26.0 Å². The summed E-state index contributed by atoms with van der Waals surface area (Å²) in [5.74, 6) is 0.189. The fraction of sp³-hybridized carbons (Fsp3) is 0.125. The van der Waals surface area contributed by atoms with Gasteiger partial charge in [0.1, 0.15) is 6.54 Å². The zero-order chi connectivity index (χ0) is 23.5. The van der Waals surface area contributed by atoms with Crippen LogP contribution in [0.1, 0.15) is 0 Å². The van der Waals surface area contributed by atoms with E-state index in [9.17, 15) is 14.4 Å². The van der Waals surface area contributed by atoms with Crippen molar-refractivity contribution in [3.8, 4) is 17.2 Å². The van der Waals surface area contributed by atoms with Crippen LogP contribution in [0.25, 0.3) is 16.6 Å². The largest absolute Gasteiger partial charge is 0.493 e. The molecule has 0 bridgehead atoms. The molecule has 0 saturated heterocycles. The molecule has 0 fully saturated rings. The molecule has 0 radical (unpaired) electrons. The van der Waals surface area contributed by atoms with Gasteiger partial charge in [0.15, 0.2) is 11.5 Å². The summed E-state index contributed by atoms with van der Waals surface area (Å²) in [6.45, 7) is -0.343. The van der Waals surface area contributed by atoms with Crippen molar-refractivity contribution in [2.45, 2.75) is 6.54 Å². The van der Waals surface area contributed by atoms with E-state index in [0.29, 0.717) is 27.9 Å². The molecule has 168 valence electrons. The number of halogens is 1. The molecule has 0 atom stereocenters. The van der Waals surface area contributed by atoms with Crippen LogP contribution in [0.2, 0.25) is 5.02 Å². The van der Waals surface area contributed by atoms with E-state index in [-0.39, 0.29) is 17.4 Å². The lowest BCUT2D eigenvalue weighted by atomic mass is 10.2. The van der Waals surface area contributed by atoms with Crippen LogP contribution in [0.4, 0.5) is 5.69 Å². The normalized spacial score (nSPS) is 10.8. The average molecular weight is 466 g/mol. The van der Waals surface area contributed by atoms with Crippen LogP contribution in [0.15, 0.2) is 76.3 Å². The van der Waals surface area contributed by atoms with Crippen LogP contribution in [-0.4, -0.2) is 29.3 Å². The zero-order valence-electron chi connectivity index (χ0n) is 17.9. The standard InChI is InChI=1S/C24H20ClN3O5/c1-32-20-12-18-19(13-21(20)33-2)27(14-22(29)26-16-8-6-7-15(25)11-16)24(31)28(23(18)30)17-9-4-3-5-10-17/h3-13H,14H2,1-2H3,(H,26,29). The van der Waals surface area contributed by atoms with Crippen LogP contribution >= 0.6 is 11.6 Å². The number of carbonyl (C=O) groups excluding carboxylic acids is 1. The Kier molecular flexibility index (Phi) is 6.19. The topological polar surface area (TPSA) is 91.6 Å². The van der Waals surface area contributed by atoms with Gasteiger partial charge in [0.05, 0.1) is 30.8 Å². The molecule has 33 heavy (non-hydrogen) atoms. The molecule has 0 aliphatic heterocycles. The second-order valence-corrected chi connectivity index (χ2v) is 7.56. The molecule has 0 aliphatic rings. The summed E-state index contributed by atoms with van der Waals surface area (Å²) in [5, 5.41) is 3.39. The van der Waals surface area contributed by atoms with Crippen LogP contribution in [0.3, 0.4) is 0 Å². The first kappa shape index (κ1) is 22.2. The van der Waals surface area contributed by atoms with Gasteiger partial charge in [-0.15, -0.1) is 0 Å². The fourth-order valence-electron chi connectivity index (χ4n) is 3.56. The Morgan fingerprint density at radius 2 is 1.64 bits per heavy atom. The molecule has 1 amide bonds. The quantitative estimate of drug-likeness (QED) is 0.471. The molecule has 8 nitrogen and oxygen atoms in total. The van der Waals surface area contributed by atoms with Crippen molar-refractivity contribution >= 4 is 34.1 Å². The van der Waals surface area contributed by atoms with E-state index in [0.717, 1.165) is 4.57 Å². The first-order chi connectivity index (χ1) is 15.9. The van der Waals surface area contributed by atoms with E-state index in [1.54, 1.807) is 54.6 Å². The molecule has 0 spiro atoms. The first-order valence-electron chi connectivity index (χ1n) is 9.95. The maximum absolute atomic E-state index is 13.5. The predicted octanol–water partition coefficient (Wildman–Crippen LogP) is 3.46. The summed E-state index contributed by atoms with van der Waals surface area (Å²) in [4.78, 5) is 39.6. The van der Waals surface area contributed by atoms with E-state index < -0.39 is 17.2 Å². The number of nitrogens with one attached hydrogen (secondary N) is 1. The Morgan fingerprint density at radius 1 is 0.939 bits per heavy atom. The Bertz CT molecular complexity index is 1460. The first-order valence-corrected chi connectivity index (χ1v) is 10.3. The summed E-state index contributed by atoms with van der Waals surface area (Å²) < 4.78 is 12.9. The molecule has 0 aliphatic carbocycles. The highest BCUT2D eigenvalue weighted by molar-refractivity contribution is 6.30. The Labute approximate surface area is 193 Å². The van der Waals surface area contributed by atoms with Gasteiger partial charge < -0.3 is 14.8 Å². The Hall–Kier alpha value is -4.04. The van der Waals surface area contributed by atoms with Crippen LogP contribution in [0.5, 0.6) is 11.5 Å².